The van der Waals surface area contributed by atoms with Crippen LogP contribution in [0.15, 0.2) is 57.6 Å². The molecule has 1 N–H and O–H groups in total. The Bertz CT molecular complexity index is 1650. The number of rotatable bonds is 10. The number of aromatic nitrogens is 3. The van der Waals surface area contributed by atoms with Gasteiger partial charge in [0.1, 0.15) is 17.2 Å². The minimum absolute atomic E-state index is 0.139. The largest absolute Gasteiger partial charge is 0.573 e. The van der Waals surface area contributed by atoms with Crippen LogP contribution in [0.3, 0.4) is 0 Å². The predicted molar refractivity (Wildman–Crippen MR) is 151 cm³/mol. The Morgan fingerprint density at radius 3 is 2.48 bits per heavy atom. The van der Waals surface area contributed by atoms with E-state index in [-0.39, 0.29) is 29.4 Å². The number of halogens is 3. The molecule has 6 rings (SSSR count). The maximum absolute atomic E-state index is 13.2. The van der Waals surface area contributed by atoms with Crippen LogP contribution in [-0.2, 0) is 16.8 Å². The topological polar surface area (TPSA) is 121 Å². The van der Waals surface area contributed by atoms with Crippen LogP contribution < -0.4 is 4.74 Å². The predicted octanol–water partition coefficient (Wildman–Crippen LogP) is 8.06. The van der Waals surface area contributed by atoms with E-state index in [9.17, 15) is 23.1 Å². The second-order valence-corrected chi connectivity index (χ2v) is 11.9. The van der Waals surface area contributed by atoms with Crippen molar-refractivity contribution in [2.24, 2.45) is 0 Å². The molecule has 2 heterocycles. The van der Waals surface area contributed by atoms with Gasteiger partial charge in [-0.05, 0) is 69.2 Å². The number of hydrogen-bond donors (Lipinski definition) is 1. The molecule has 0 unspecified atom stereocenters. The first-order chi connectivity index (χ1) is 21.0. The molecule has 2 aromatic heterocycles. The molecule has 2 saturated carbocycles. The molecule has 12 heteroatoms. The van der Waals surface area contributed by atoms with Crippen LogP contribution in [-0.4, -0.2) is 38.3 Å². The van der Waals surface area contributed by atoms with Gasteiger partial charge in [0.15, 0.2) is 0 Å². The average molecular weight is 612 g/mol. The summed E-state index contributed by atoms with van der Waals surface area (Å²) in [4.78, 5) is 16.0. The molecule has 232 valence electrons. The minimum atomic E-state index is -4.85. The Labute approximate surface area is 251 Å². The zero-order valence-electron chi connectivity index (χ0n) is 24.3. The van der Waals surface area contributed by atoms with Gasteiger partial charge in [-0.15, -0.1) is 13.2 Å². The highest BCUT2D eigenvalue weighted by Gasteiger charge is 2.45. The molecule has 2 aromatic carbocycles. The summed E-state index contributed by atoms with van der Waals surface area (Å²) in [6.45, 7) is 4.27. The number of carbonyl (C=O) groups is 1. The van der Waals surface area contributed by atoms with Crippen molar-refractivity contribution in [3.05, 3.63) is 71.3 Å². The molecular weight excluding hydrogens is 579 g/mol. The molecule has 0 aliphatic heterocycles. The highest BCUT2D eigenvalue weighted by atomic mass is 19.4. The van der Waals surface area contributed by atoms with Gasteiger partial charge in [-0.1, -0.05) is 48.4 Å². The Kier molecular flexibility index (Phi) is 7.73. The van der Waals surface area contributed by atoms with Crippen LogP contribution in [0.25, 0.3) is 22.6 Å². The van der Waals surface area contributed by atoms with Crippen LogP contribution in [0.5, 0.6) is 5.75 Å². The lowest BCUT2D eigenvalue weighted by Gasteiger charge is -2.43. The first kappa shape index (κ1) is 29.9. The summed E-state index contributed by atoms with van der Waals surface area (Å²) in [5, 5.41) is 17.6. The lowest BCUT2D eigenvalue weighted by molar-refractivity contribution is -0.274. The Balaban J connectivity index is 1.19. The van der Waals surface area contributed by atoms with E-state index in [0.717, 1.165) is 19.3 Å². The fraction of sp³-hybridized carbons (Fsp3) is 0.438. The van der Waals surface area contributed by atoms with E-state index in [2.05, 4.69) is 33.9 Å². The molecule has 0 amide bonds. The van der Waals surface area contributed by atoms with Crippen molar-refractivity contribution in [3.8, 4) is 28.4 Å². The summed E-state index contributed by atoms with van der Waals surface area (Å²) in [5.74, 6) is 0.253. The quantitative estimate of drug-likeness (QED) is 0.190. The molecule has 4 aromatic rings. The molecule has 2 aliphatic rings. The van der Waals surface area contributed by atoms with Crippen molar-refractivity contribution >= 4 is 5.97 Å². The Morgan fingerprint density at radius 1 is 1.05 bits per heavy atom. The lowest BCUT2D eigenvalue weighted by atomic mass is 9.68. The van der Waals surface area contributed by atoms with Gasteiger partial charge in [0.25, 0.3) is 0 Å². The standard InChI is InChI=1S/C32H32F3N3O6/c1-3-31(15-13-30(2,14-16-31)29-36-27(38-44-29)20-7-6-8-21(17-20)28(39)40)41-18-23-25(37-43-26(23)19-11-12-19)22-9-4-5-10-24(22)42-32(33,34)35/h4-10,17,19H,3,11-16,18H2,1-2H3,(H,39,40). The van der Waals surface area contributed by atoms with Crippen molar-refractivity contribution in [1.82, 2.24) is 15.3 Å². The highest BCUT2D eigenvalue weighted by Crippen LogP contribution is 2.48. The van der Waals surface area contributed by atoms with Gasteiger partial charge in [-0.3, -0.25) is 0 Å². The molecule has 2 fully saturated rings. The van der Waals surface area contributed by atoms with Gasteiger partial charge in [0, 0.05) is 28.0 Å². The third-order valence-electron chi connectivity index (χ3n) is 8.88. The van der Waals surface area contributed by atoms with Crippen molar-refractivity contribution < 1.29 is 41.6 Å². The molecule has 2 aliphatic carbocycles. The van der Waals surface area contributed by atoms with Gasteiger partial charge in [0.2, 0.25) is 11.7 Å². The molecular formula is C32H32F3N3O6. The third kappa shape index (κ3) is 6.08. The van der Waals surface area contributed by atoms with E-state index >= 15 is 0 Å². The number of aromatic carboxylic acids is 1. The SMILES string of the molecule is CCC1(OCc2c(-c3ccccc3OC(F)(F)F)noc2C2CC2)CCC(C)(c2nc(-c3cccc(C(=O)O)c3)no2)CC1. The van der Waals surface area contributed by atoms with Crippen molar-refractivity contribution in [1.29, 1.82) is 0 Å². The Hall–Kier alpha value is -4.19. The molecule has 0 bridgehead atoms. The maximum atomic E-state index is 13.2. The van der Waals surface area contributed by atoms with Gasteiger partial charge < -0.3 is 23.6 Å². The zero-order valence-corrected chi connectivity index (χ0v) is 24.3. The van der Waals surface area contributed by atoms with Crippen molar-refractivity contribution in [2.45, 2.75) is 88.7 Å². The second kappa shape index (κ2) is 11.4. The van der Waals surface area contributed by atoms with Gasteiger partial charge in [-0.2, -0.15) is 4.98 Å². The number of alkyl halides is 3. The summed E-state index contributed by atoms with van der Waals surface area (Å²) in [6.07, 6.45) is 0.515. The van der Waals surface area contributed by atoms with E-state index in [1.165, 1.54) is 30.3 Å². The first-order valence-electron chi connectivity index (χ1n) is 14.6. The summed E-state index contributed by atoms with van der Waals surface area (Å²) in [6, 6.07) is 12.3. The van der Waals surface area contributed by atoms with Crippen molar-refractivity contribution in [2.75, 3.05) is 0 Å². The smallest absolute Gasteiger partial charge is 0.478 e. The summed E-state index contributed by atoms with van der Waals surface area (Å²) >= 11 is 0. The Morgan fingerprint density at radius 2 is 1.80 bits per heavy atom. The molecule has 0 radical (unpaired) electrons. The monoisotopic (exact) mass is 611 g/mol. The molecule has 0 saturated heterocycles. The van der Waals surface area contributed by atoms with Gasteiger partial charge in [0.05, 0.1) is 17.8 Å². The second-order valence-electron chi connectivity index (χ2n) is 11.9. The van der Waals surface area contributed by atoms with Crippen LogP contribution >= 0.6 is 0 Å². The number of hydrogen-bond acceptors (Lipinski definition) is 8. The molecule has 0 spiro atoms. The first-order valence-corrected chi connectivity index (χ1v) is 14.6. The lowest BCUT2D eigenvalue weighted by Crippen LogP contribution is -2.41. The average Bonchev–Trinajstić information content (AvgIpc) is 3.55. The summed E-state index contributed by atoms with van der Waals surface area (Å²) < 4.78 is 61.8. The van der Waals surface area contributed by atoms with Crippen LogP contribution in [0.2, 0.25) is 0 Å². The van der Waals surface area contributed by atoms with Crippen LogP contribution in [0, 0.1) is 0 Å². The molecule has 44 heavy (non-hydrogen) atoms. The zero-order chi connectivity index (χ0) is 31.1. The number of carboxylic acids is 1. The summed E-state index contributed by atoms with van der Waals surface area (Å²) in [5.41, 5.74) is 0.953. The minimum Gasteiger partial charge on any atom is -0.478 e. The van der Waals surface area contributed by atoms with E-state index in [1.54, 1.807) is 18.2 Å². The normalized spacial score (nSPS) is 22.2. The van der Waals surface area contributed by atoms with E-state index < -0.39 is 23.3 Å². The van der Waals surface area contributed by atoms with Gasteiger partial charge >= 0.3 is 12.3 Å². The highest BCUT2D eigenvalue weighted by molar-refractivity contribution is 5.89. The number of ether oxygens (including phenoxy) is 2. The third-order valence-corrected chi connectivity index (χ3v) is 8.88. The maximum Gasteiger partial charge on any atom is 0.573 e. The number of para-hydroxylation sites is 1. The van der Waals surface area contributed by atoms with E-state index in [4.69, 9.17) is 13.8 Å². The van der Waals surface area contributed by atoms with Gasteiger partial charge in [-0.25, -0.2) is 4.79 Å². The summed E-state index contributed by atoms with van der Waals surface area (Å²) in [7, 11) is 0. The van der Waals surface area contributed by atoms with Crippen LogP contribution in [0.4, 0.5) is 13.2 Å². The fourth-order valence-electron chi connectivity index (χ4n) is 5.89. The molecule has 9 nitrogen and oxygen atoms in total. The number of nitrogens with zero attached hydrogens (tertiary/aromatic N) is 3. The van der Waals surface area contributed by atoms with Crippen LogP contribution in [0.1, 0.15) is 92.3 Å². The van der Waals surface area contributed by atoms with E-state index in [0.29, 0.717) is 60.0 Å². The number of benzene rings is 2. The molecule has 0 atom stereocenters. The van der Waals surface area contributed by atoms with Crippen molar-refractivity contribution in [3.63, 3.8) is 0 Å². The fourth-order valence-corrected chi connectivity index (χ4v) is 5.89. The van der Waals surface area contributed by atoms with E-state index in [1.807, 2.05) is 0 Å². The number of carboxylic acid groups (broad SMARTS) is 1.